The van der Waals surface area contributed by atoms with Gasteiger partial charge < -0.3 is 4.57 Å². The van der Waals surface area contributed by atoms with Gasteiger partial charge in [0.05, 0.1) is 11.0 Å². The van der Waals surface area contributed by atoms with Gasteiger partial charge in [-0.1, -0.05) is 48.5 Å². The van der Waals surface area contributed by atoms with Crippen molar-refractivity contribution in [3.05, 3.63) is 109 Å². The number of nitrogens with zero attached hydrogens (tertiary/aromatic N) is 2. The predicted molar refractivity (Wildman–Crippen MR) is 146 cm³/mol. The van der Waals surface area contributed by atoms with Crippen molar-refractivity contribution in [1.82, 2.24) is 9.55 Å². The summed E-state index contributed by atoms with van der Waals surface area (Å²) >= 11 is 1.86. The van der Waals surface area contributed by atoms with E-state index in [9.17, 15) is 0 Å². The molecule has 0 bridgehead atoms. The average molecular weight is 451 g/mol. The molecule has 0 amide bonds. The molecule has 0 saturated heterocycles. The van der Waals surface area contributed by atoms with Crippen molar-refractivity contribution in [2.75, 3.05) is 0 Å². The molecule has 0 spiro atoms. The number of benzene rings is 5. The standard InChI is InChI=1S/C31H18N2S/c1-2-9-28-24(7-1)25-17-23(12-13-29(25)34-28)33-26-8-3-5-19-10-11-20-15-22(21-6-4-14-32-18-21)16-27(33)31(20)30(19)26/h1-18H. The van der Waals surface area contributed by atoms with Crippen LogP contribution < -0.4 is 0 Å². The van der Waals surface area contributed by atoms with E-state index in [1.807, 2.05) is 29.8 Å². The minimum atomic E-state index is 1.14. The van der Waals surface area contributed by atoms with Gasteiger partial charge in [-0.25, -0.2) is 0 Å². The first-order valence-electron chi connectivity index (χ1n) is 11.5. The van der Waals surface area contributed by atoms with Crippen LogP contribution in [0.5, 0.6) is 0 Å². The third-order valence-corrected chi connectivity index (χ3v) is 8.16. The van der Waals surface area contributed by atoms with Crippen LogP contribution in [0.15, 0.2) is 109 Å². The van der Waals surface area contributed by atoms with E-state index < -0.39 is 0 Å². The lowest BCUT2D eigenvalue weighted by atomic mass is 9.98. The third kappa shape index (κ3) is 2.42. The fourth-order valence-corrected chi connectivity index (χ4v) is 6.61. The van der Waals surface area contributed by atoms with Crippen LogP contribution in [0.25, 0.3) is 69.6 Å². The molecule has 3 heteroatoms. The maximum atomic E-state index is 4.37. The van der Waals surface area contributed by atoms with Crippen LogP contribution in [0, 0.1) is 0 Å². The van der Waals surface area contributed by atoms with Gasteiger partial charge in [0.25, 0.3) is 0 Å². The molecule has 0 atom stereocenters. The summed E-state index contributed by atoms with van der Waals surface area (Å²) in [4.78, 5) is 4.37. The topological polar surface area (TPSA) is 17.8 Å². The SMILES string of the molecule is c1cncc(-c2cc3ccc4cccc5c4c3c(c2)n5-c2ccc3sc4ccccc4c3c2)c1. The number of rotatable bonds is 2. The molecule has 3 aromatic heterocycles. The van der Waals surface area contributed by atoms with Gasteiger partial charge in [-0.05, 0) is 64.9 Å². The fourth-order valence-electron chi connectivity index (χ4n) is 5.52. The molecule has 0 radical (unpaired) electrons. The first kappa shape index (κ1) is 18.2. The fraction of sp³-hybridized carbons (Fsp3) is 0. The van der Waals surface area contributed by atoms with E-state index in [1.165, 1.54) is 64.0 Å². The van der Waals surface area contributed by atoms with E-state index >= 15 is 0 Å². The highest BCUT2D eigenvalue weighted by Gasteiger charge is 2.18. The van der Waals surface area contributed by atoms with Gasteiger partial charge in [0.15, 0.2) is 0 Å². The molecule has 158 valence electrons. The zero-order chi connectivity index (χ0) is 22.2. The normalized spacial score (nSPS) is 12.1. The van der Waals surface area contributed by atoms with Crippen LogP contribution >= 0.6 is 11.3 Å². The highest BCUT2D eigenvalue weighted by Crippen LogP contribution is 2.42. The van der Waals surface area contributed by atoms with Crippen molar-refractivity contribution in [1.29, 1.82) is 0 Å². The number of aromatic nitrogens is 2. The highest BCUT2D eigenvalue weighted by molar-refractivity contribution is 7.25. The Labute approximate surface area is 199 Å². The lowest BCUT2D eigenvalue weighted by Crippen LogP contribution is -1.93. The Morgan fingerprint density at radius 2 is 1.47 bits per heavy atom. The van der Waals surface area contributed by atoms with E-state index in [1.54, 1.807) is 0 Å². The maximum absolute atomic E-state index is 4.37. The van der Waals surface area contributed by atoms with Crippen LogP contribution in [0.4, 0.5) is 0 Å². The van der Waals surface area contributed by atoms with E-state index in [0.29, 0.717) is 0 Å². The summed E-state index contributed by atoms with van der Waals surface area (Å²) in [6, 6.07) is 35.5. The summed E-state index contributed by atoms with van der Waals surface area (Å²) in [5, 5.41) is 7.86. The molecular formula is C31H18N2S. The molecule has 0 aliphatic rings. The summed E-state index contributed by atoms with van der Waals surface area (Å²) in [6.45, 7) is 0. The minimum absolute atomic E-state index is 1.14. The van der Waals surface area contributed by atoms with Gasteiger partial charge in [0.1, 0.15) is 0 Å². The molecule has 34 heavy (non-hydrogen) atoms. The van der Waals surface area contributed by atoms with Crippen molar-refractivity contribution < 1.29 is 0 Å². The van der Waals surface area contributed by atoms with Gasteiger partial charge in [0.2, 0.25) is 0 Å². The Morgan fingerprint density at radius 3 is 2.41 bits per heavy atom. The van der Waals surface area contributed by atoms with Gasteiger partial charge in [-0.15, -0.1) is 11.3 Å². The molecule has 0 unspecified atom stereocenters. The second kappa shape index (κ2) is 6.66. The molecule has 0 aliphatic heterocycles. The first-order chi connectivity index (χ1) is 16.8. The predicted octanol–water partition coefficient (Wildman–Crippen LogP) is 8.80. The van der Waals surface area contributed by atoms with Gasteiger partial charge in [-0.3, -0.25) is 4.98 Å². The Hall–Kier alpha value is -4.21. The summed E-state index contributed by atoms with van der Waals surface area (Å²) < 4.78 is 5.10. The molecule has 2 nitrogen and oxygen atoms in total. The lowest BCUT2D eigenvalue weighted by molar-refractivity contribution is 1.19. The molecule has 0 fully saturated rings. The maximum Gasteiger partial charge on any atom is 0.0553 e. The van der Waals surface area contributed by atoms with Crippen LogP contribution in [-0.2, 0) is 0 Å². The van der Waals surface area contributed by atoms with E-state index in [-0.39, 0.29) is 0 Å². The van der Waals surface area contributed by atoms with Crippen molar-refractivity contribution in [3.8, 4) is 16.8 Å². The van der Waals surface area contributed by atoms with Gasteiger partial charge >= 0.3 is 0 Å². The minimum Gasteiger partial charge on any atom is -0.309 e. The molecule has 0 saturated carbocycles. The van der Waals surface area contributed by atoms with Crippen molar-refractivity contribution in [3.63, 3.8) is 0 Å². The van der Waals surface area contributed by atoms with Crippen LogP contribution in [0.1, 0.15) is 0 Å². The van der Waals surface area contributed by atoms with Crippen LogP contribution in [-0.4, -0.2) is 9.55 Å². The number of hydrogen-bond acceptors (Lipinski definition) is 2. The first-order valence-corrected chi connectivity index (χ1v) is 12.3. The summed E-state index contributed by atoms with van der Waals surface area (Å²) in [5.74, 6) is 0. The highest BCUT2D eigenvalue weighted by atomic mass is 32.1. The Bertz CT molecular complexity index is 2010. The molecule has 8 aromatic rings. The number of thiophene rings is 1. The van der Waals surface area contributed by atoms with Crippen molar-refractivity contribution in [2.24, 2.45) is 0 Å². The Kier molecular flexibility index (Phi) is 3.57. The second-order valence-corrected chi connectivity index (χ2v) is 9.97. The van der Waals surface area contributed by atoms with Crippen LogP contribution in [0.2, 0.25) is 0 Å². The number of hydrogen-bond donors (Lipinski definition) is 0. The van der Waals surface area contributed by atoms with E-state index in [4.69, 9.17) is 0 Å². The van der Waals surface area contributed by atoms with E-state index in [2.05, 4.69) is 101 Å². The molecular weight excluding hydrogens is 432 g/mol. The van der Waals surface area contributed by atoms with Gasteiger partial charge in [-0.2, -0.15) is 0 Å². The largest absolute Gasteiger partial charge is 0.309 e. The zero-order valence-corrected chi connectivity index (χ0v) is 19.0. The quantitative estimate of drug-likeness (QED) is 0.241. The van der Waals surface area contributed by atoms with Gasteiger partial charge in [0, 0.05) is 54.6 Å². The van der Waals surface area contributed by atoms with Crippen LogP contribution in [0.3, 0.4) is 0 Å². The Balaban J connectivity index is 1.52. The molecule has 0 N–H and O–H groups in total. The number of fused-ring (bicyclic) bond motifs is 3. The number of pyridine rings is 1. The summed E-state index contributed by atoms with van der Waals surface area (Å²) in [7, 11) is 0. The molecule has 0 aliphatic carbocycles. The Morgan fingerprint density at radius 1 is 0.588 bits per heavy atom. The molecule has 8 rings (SSSR count). The second-order valence-electron chi connectivity index (χ2n) is 8.89. The van der Waals surface area contributed by atoms with Crippen molar-refractivity contribution >= 4 is 64.1 Å². The summed E-state index contributed by atoms with van der Waals surface area (Å²) in [5.41, 5.74) is 6.01. The van der Waals surface area contributed by atoms with Crippen molar-refractivity contribution in [2.45, 2.75) is 0 Å². The molecule has 3 heterocycles. The molecule has 5 aromatic carbocycles. The monoisotopic (exact) mass is 450 g/mol. The average Bonchev–Trinajstić information content (AvgIpc) is 3.44. The third-order valence-electron chi connectivity index (χ3n) is 7.01. The lowest BCUT2D eigenvalue weighted by Gasteiger charge is -2.10. The smallest absolute Gasteiger partial charge is 0.0553 e. The summed E-state index contributed by atoms with van der Waals surface area (Å²) in [6.07, 6.45) is 3.78. The van der Waals surface area contributed by atoms with E-state index in [0.717, 1.165) is 5.56 Å². The zero-order valence-electron chi connectivity index (χ0n) is 18.2.